The smallest absolute Gasteiger partial charge is 0.316 e. The first kappa shape index (κ1) is 11.3. The average molecular weight is 291 g/mol. The molecular formula is C13H9NO3S2. The Morgan fingerprint density at radius 2 is 2.11 bits per heavy atom. The van der Waals surface area contributed by atoms with Gasteiger partial charge in [0.1, 0.15) is 5.75 Å². The molecule has 2 atom stereocenters. The van der Waals surface area contributed by atoms with Crippen molar-refractivity contribution in [3.8, 4) is 5.75 Å². The van der Waals surface area contributed by atoms with Crippen molar-refractivity contribution in [2.75, 3.05) is 5.75 Å². The molecule has 0 aliphatic carbocycles. The van der Waals surface area contributed by atoms with Crippen molar-refractivity contribution in [3.63, 3.8) is 0 Å². The Kier molecular flexibility index (Phi) is 2.37. The molecule has 0 unspecified atom stereocenters. The molecule has 4 rings (SSSR count). The first-order valence-electron chi connectivity index (χ1n) is 5.90. The fourth-order valence-corrected chi connectivity index (χ4v) is 5.06. The van der Waals surface area contributed by atoms with E-state index in [4.69, 9.17) is 4.74 Å². The van der Waals surface area contributed by atoms with Crippen molar-refractivity contribution in [3.05, 3.63) is 44.4 Å². The first-order chi connectivity index (χ1) is 9.24. The summed E-state index contributed by atoms with van der Waals surface area (Å²) in [4.78, 5) is 27.4. The number of hydrogen-bond donors (Lipinski definition) is 1. The number of para-hydroxylation sites is 1. The highest BCUT2D eigenvalue weighted by atomic mass is 32.2. The Balaban J connectivity index is 1.97. The summed E-state index contributed by atoms with van der Waals surface area (Å²) >= 11 is 2.73. The van der Waals surface area contributed by atoms with Crippen molar-refractivity contribution < 1.29 is 9.53 Å². The van der Waals surface area contributed by atoms with Gasteiger partial charge in [-0.2, -0.15) is 0 Å². The van der Waals surface area contributed by atoms with Gasteiger partial charge in [-0.25, -0.2) is 0 Å². The van der Waals surface area contributed by atoms with E-state index >= 15 is 0 Å². The van der Waals surface area contributed by atoms with Gasteiger partial charge in [-0.1, -0.05) is 29.5 Å². The maximum Gasteiger partial charge on any atom is 0.316 e. The minimum absolute atomic E-state index is 0.0438. The van der Waals surface area contributed by atoms with Crippen LogP contribution in [0.5, 0.6) is 5.75 Å². The Morgan fingerprint density at radius 1 is 1.26 bits per heavy atom. The lowest BCUT2D eigenvalue weighted by molar-refractivity contribution is -0.139. The van der Waals surface area contributed by atoms with Gasteiger partial charge in [0, 0.05) is 22.1 Å². The molecule has 96 valence electrons. The van der Waals surface area contributed by atoms with Crippen LogP contribution in [0, 0.1) is 5.92 Å². The van der Waals surface area contributed by atoms with Crippen LogP contribution in [0.1, 0.15) is 16.4 Å². The van der Waals surface area contributed by atoms with Crippen LogP contribution in [-0.4, -0.2) is 16.7 Å². The van der Waals surface area contributed by atoms with E-state index in [-0.39, 0.29) is 22.7 Å². The van der Waals surface area contributed by atoms with Crippen LogP contribution in [0.25, 0.3) is 0 Å². The number of fused-ring (bicyclic) bond motifs is 5. The van der Waals surface area contributed by atoms with Gasteiger partial charge in [0.15, 0.2) is 0 Å². The average Bonchev–Trinajstić information content (AvgIpc) is 2.79. The van der Waals surface area contributed by atoms with Gasteiger partial charge in [0.2, 0.25) is 0 Å². The maximum absolute atomic E-state index is 12.1. The number of benzene rings is 1. The zero-order chi connectivity index (χ0) is 13.0. The normalized spacial score (nSPS) is 24.1. The summed E-state index contributed by atoms with van der Waals surface area (Å²) < 4.78 is 5.39. The van der Waals surface area contributed by atoms with Crippen molar-refractivity contribution in [1.29, 1.82) is 0 Å². The number of esters is 1. The van der Waals surface area contributed by atoms with Crippen molar-refractivity contribution in [2.45, 2.75) is 10.9 Å². The molecule has 1 aromatic heterocycles. The lowest BCUT2D eigenvalue weighted by atomic mass is 9.83. The zero-order valence-corrected chi connectivity index (χ0v) is 11.3. The number of thioether (sulfide) groups is 1. The SMILES string of the molecule is O=C1Oc2ccccc2[C@@H]2c3sc(=O)[nH]c3SC[C@H]12. The van der Waals surface area contributed by atoms with Crippen LogP contribution in [0.2, 0.25) is 0 Å². The molecule has 3 heterocycles. The van der Waals surface area contributed by atoms with Crippen molar-refractivity contribution >= 4 is 29.1 Å². The Labute approximate surface area is 116 Å². The third kappa shape index (κ3) is 1.60. The molecule has 0 saturated heterocycles. The Bertz CT molecular complexity index is 733. The maximum atomic E-state index is 12.1. The first-order valence-corrected chi connectivity index (χ1v) is 7.70. The summed E-state index contributed by atoms with van der Waals surface area (Å²) in [5.41, 5.74) is 1.00. The summed E-state index contributed by atoms with van der Waals surface area (Å²) in [5, 5.41) is 0.903. The molecule has 0 radical (unpaired) electrons. The number of hydrogen-bond acceptors (Lipinski definition) is 5. The molecule has 2 aliphatic rings. The molecule has 0 amide bonds. The highest BCUT2D eigenvalue weighted by Gasteiger charge is 2.43. The summed E-state index contributed by atoms with van der Waals surface area (Å²) in [7, 11) is 0. The lowest BCUT2D eigenvalue weighted by Gasteiger charge is -2.34. The van der Waals surface area contributed by atoms with Crippen LogP contribution in [0.15, 0.2) is 34.1 Å². The lowest BCUT2D eigenvalue weighted by Crippen LogP contribution is -2.35. The second-order valence-electron chi connectivity index (χ2n) is 4.56. The minimum atomic E-state index is -0.196. The highest BCUT2D eigenvalue weighted by Crippen LogP contribution is 2.50. The van der Waals surface area contributed by atoms with Gasteiger partial charge in [0.25, 0.3) is 0 Å². The Morgan fingerprint density at radius 3 is 3.00 bits per heavy atom. The molecule has 2 aromatic rings. The summed E-state index contributed by atoms with van der Waals surface area (Å²) in [6, 6.07) is 7.57. The van der Waals surface area contributed by atoms with Gasteiger partial charge in [0.05, 0.1) is 10.9 Å². The van der Waals surface area contributed by atoms with E-state index in [0.717, 1.165) is 15.5 Å². The number of carbonyl (C=O) groups is 1. The summed E-state index contributed by atoms with van der Waals surface area (Å²) in [6.07, 6.45) is 0. The molecular weight excluding hydrogens is 282 g/mol. The summed E-state index contributed by atoms with van der Waals surface area (Å²) in [6.45, 7) is 0. The minimum Gasteiger partial charge on any atom is -0.426 e. The van der Waals surface area contributed by atoms with E-state index in [0.29, 0.717) is 11.5 Å². The van der Waals surface area contributed by atoms with Gasteiger partial charge < -0.3 is 9.72 Å². The molecule has 6 heteroatoms. The van der Waals surface area contributed by atoms with E-state index in [1.807, 2.05) is 18.2 Å². The zero-order valence-electron chi connectivity index (χ0n) is 9.71. The summed E-state index contributed by atoms with van der Waals surface area (Å²) in [5.74, 6) is 0.837. The van der Waals surface area contributed by atoms with Gasteiger partial charge in [-0.05, 0) is 6.07 Å². The molecule has 4 nitrogen and oxygen atoms in total. The number of ether oxygens (including phenoxy) is 1. The standard InChI is InChI=1S/C13H9NO3S2/c15-12-7-5-18-11-10(19-13(16)14-11)9(7)6-3-1-2-4-8(6)17-12/h1-4,7,9H,5H2,(H,14,16)/t7-,9-/m0/s1. The number of carbonyl (C=O) groups excluding carboxylic acids is 1. The van der Waals surface area contributed by atoms with Gasteiger partial charge in [-0.3, -0.25) is 9.59 Å². The highest BCUT2D eigenvalue weighted by molar-refractivity contribution is 7.99. The molecule has 2 aliphatic heterocycles. The van der Waals surface area contributed by atoms with Crippen LogP contribution in [0.3, 0.4) is 0 Å². The van der Waals surface area contributed by atoms with Crippen LogP contribution >= 0.6 is 23.1 Å². The van der Waals surface area contributed by atoms with Crippen molar-refractivity contribution in [2.24, 2.45) is 5.92 Å². The van der Waals surface area contributed by atoms with Crippen LogP contribution in [0.4, 0.5) is 0 Å². The van der Waals surface area contributed by atoms with Crippen molar-refractivity contribution in [1.82, 2.24) is 4.98 Å². The second-order valence-corrected chi connectivity index (χ2v) is 6.61. The van der Waals surface area contributed by atoms with E-state index in [1.165, 1.54) is 23.1 Å². The van der Waals surface area contributed by atoms with E-state index in [9.17, 15) is 9.59 Å². The number of nitrogens with one attached hydrogen (secondary N) is 1. The van der Waals surface area contributed by atoms with E-state index < -0.39 is 0 Å². The fraction of sp³-hybridized carbons (Fsp3) is 0.231. The number of thiazole rings is 1. The molecule has 1 aromatic carbocycles. The number of rotatable bonds is 0. The van der Waals surface area contributed by atoms with E-state index in [2.05, 4.69) is 4.98 Å². The number of aromatic nitrogens is 1. The van der Waals surface area contributed by atoms with Gasteiger partial charge in [-0.15, -0.1) is 11.8 Å². The molecule has 0 fully saturated rings. The fourth-order valence-electron chi connectivity index (χ4n) is 2.67. The predicted molar refractivity (Wildman–Crippen MR) is 73.1 cm³/mol. The monoisotopic (exact) mass is 291 g/mol. The topological polar surface area (TPSA) is 59.2 Å². The van der Waals surface area contributed by atoms with Gasteiger partial charge >= 0.3 is 10.8 Å². The third-order valence-electron chi connectivity index (χ3n) is 3.50. The molecule has 0 spiro atoms. The van der Waals surface area contributed by atoms with Crippen LogP contribution < -0.4 is 9.61 Å². The second kappa shape index (κ2) is 3.98. The number of aromatic amines is 1. The predicted octanol–water partition coefficient (Wildman–Crippen LogP) is 2.21. The van der Waals surface area contributed by atoms with E-state index in [1.54, 1.807) is 6.07 Å². The molecule has 19 heavy (non-hydrogen) atoms. The quantitative estimate of drug-likeness (QED) is 0.597. The number of H-pyrrole nitrogens is 1. The molecule has 0 saturated carbocycles. The van der Waals surface area contributed by atoms with Crippen LogP contribution in [-0.2, 0) is 4.79 Å². The largest absolute Gasteiger partial charge is 0.426 e. The third-order valence-corrected chi connectivity index (χ3v) is 5.73. The Hall–Kier alpha value is -1.53. The molecule has 1 N–H and O–H groups in total. The molecule has 0 bridgehead atoms.